The molecule has 0 amide bonds. The highest BCUT2D eigenvalue weighted by Crippen LogP contribution is 2.19. The molecule has 1 aliphatic carbocycles. The molecular weight excluding hydrogens is 288 g/mol. The normalized spacial score (nSPS) is 16.0. The van der Waals surface area contributed by atoms with Gasteiger partial charge in [-0.3, -0.25) is 4.68 Å². The van der Waals surface area contributed by atoms with Gasteiger partial charge in [-0.25, -0.2) is 8.42 Å². The zero-order valence-corrected chi connectivity index (χ0v) is 13.9. The minimum absolute atomic E-state index is 0.0369. The summed E-state index contributed by atoms with van der Waals surface area (Å²) in [5.41, 5.74) is 0. The molecule has 0 spiro atoms. The topological polar surface area (TPSA) is 67.2 Å². The number of aromatic nitrogens is 2. The summed E-state index contributed by atoms with van der Waals surface area (Å²) < 4.78 is 28.3. The summed E-state index contributed by atoms with van der Waals surface area (Å²) in [6, 6.07) is 0.694. The Hall–Kier alpha value is -0.920. The molecule has 1 N–H and O–H groups in total. The summed E-state index contributed by atoms with van der Waals surface area (Å²) in [6.07, 6.45) is 7.20. The summed E-state index contributed by atoms with van der Waals surface area (Å²) >= 11 is 0. The van der Waals surface area contributed by atoms with Crippen molar-refractivity contribution in [1.29, 1.82) is 0 Å². The van der Waals surface area contributed by atoms with Gasteiger partial charge in [0.2, 0.25) is 10.0 Å². The third kappa shape index (κ3) is 4.05. The van der Waals surface area contributed by atoms with Crippen LogP contribution in [-0.2, 0) is 16.6 Å². The highest BCUT2D eigenvalue weighted by Gasteiger charge is 2.27. The second-order valence-corrected chi connectivity index (χ2v) is 7.66. The maximum Gasteiger partial charge on any atom is 0.246 e. The molecule has 0 bridgehead atoms. The van der Waals surface area contributed by atoms with Crippen molar-refractivity contribution < 1.29 is 8.42 Å². The predicted octanol–water partition coefficient (Wildman–Crippen LogP) is 1.44. The molecule has 0 unspecified atom stereocenters. The Labute approximate surface area is 127 Å². The quantitative estimate of drug-likeness (QED) is 0.749. The smallest absolute Gasteiger partial charge is 0.246 e. The van der Waals surface area contributed by atoms with Crippen LogP contribution < -0.4 is 5.32 Å². The molecule has 1 fully saturated rings. The van der Waals surface area contributed by atoms with E-state index in [1.54, 1.807) is 17.9 Å². The Morgan fingerprint density at radius 2 is 2.10 bits per heavy atom. The molecule has 1 heterocycles. The van der Waals surface area contributed by atoms with Gasteiger partial charge in [-0.2, -0.15) is 9.40 Å². The van der Waals surface area contributed by atoms with Crippen LogP contribution in [0.15, 0.2) is 17.3 Å². The average molecular weight is 314 g/mol. The van der Waals surface area contributed by atoms with Crippen LogP contribution in [0.2, 0.25) is 0 Å². The van der Waals surface area contributed by atoms with E-state index in [9.17, 15) is 8.42 Å². The van der Waals surface area contributed by atoms with E-state index in [4.69, 9.17) is 0 Å². The Balaban J connectivity index is 2.00. The van der Waals surface area contributed by atoms with E-state index in [0.29, 0.717) is 12.6 Å². The summed E-state index contributed by atoms with van der Waals surface area (Å²) in [4.78, 5) is 0.281. The minimum Gasteiger partial charge on any atom is -0.312 e. The Bertz CT molecular complexity index is 547. The number of nitrogens with zero attached hydrogens (tertiary/aromatic N) is 3. The Morgan fingerprint density at radius 1 is 1.43 bits per heavy atom. The third-order valence-electron chi connectivity index (χ3n) is 4.09. The predicted molar refractivity (Wildman–Crippen MR) is 82.6 cm³/mol. The van der Waals surface area contributed by atoms with Crippen LogP contribution in [0.25, 0.3) is 0 Å². The zero-order chi connectivity index (χ0) is 15.5. The molecule has 6 nitrogen and oxygen atoms in total. The molecule has 2 rings (SSSR count). The van der Waals surface area contributed by atoms with Gasteiger partial charge >= 0.3 is 0 Å². The summed E-state index contributed by atoms with van der Waals surface area (Å²) in [7, 11) is -1.79. The lowest BCUT2D eigenvalue weighted by atomic mass is 10.2. The van der Waals surface area contributed by atoms with E-state index in [0.717, 1.165) is 19.4 Å². The van der Waals surface area contributed by atoms with Crippen molar-refractivity contribution in [1.82, 2.24) is 19.4 Å². The molecule has 0 atom stereocenters. The third-order valence-corrected chi connectivity index (χ3v) is 5.96. The number of hydrogen-bond acceptors (Lipinski definition) is 4. The number of rotatable bonds is 9. The standard InChI is InChI=1S/C14H26N4O2S/c1-4-13(5-2)17(3)21(19,20)14-10-16-18(11-14)9-8-15-12-6-7-12/h10-13,15H,4-9H2,1-3H3. The Morgan fingerprint density at radius 3 is 2.67 bits per heavy atom. The number of sulfonamides is 1. The van der Waals surface area contributed by atoms with Crippen LogP contribution in [0.3, 0.4) is 0 Å². The van der Waals surface area contributed by atoms with Crippen LogP contribution in [-0.4, -0.2) is 48.2 Å². The fraction of sp³-hybridized carbons (Fsp3) is 0.786. The van der Waals surface area contributed by atoms with Crippen LogP contribution in [0.1, 0.15) is 39.5 Å². The minimum atomic E-state index is -3.44. The second kappa shape index (κ2) is 6.89. The van der Waals surface area contributed by atoms with E-state index in [2.05, 4.69) is 10.4 Å². The van der Waals surface area contributed by atoms with Crippen molar-refractivity contribution >= 4 is 10.0 Å². The van der Waals surface area contributed by atoms with Crippen LogP contribution in [0, 0.1) is 0 Å². The molecule has 1 aromatic rings. The van der Waals surface area contributed by atoms with Gasteiger partial charge in [0, 0.05) is 31.9 Å². The lowest BCUT2D eigenvalue weighted by Crippen LogP contribution is -2.36. The van der Waals surface area contributed by atoms with Crippen LogP contribution in [0.4, 0.5) is 0 Å². The average Bonchev–Trinajstić information content (AvgIpc) is 3.15. The molecule has 1 saturated carbocycles. The first kappa shape index (κ1) is 16.5. The SMILES string of the molecule is CCC(CC)N(C)S(=O)(=O)c1cnn(CCNC2CC2)c1. The molecule has 0 aromatic carbocycles. The summed E-state index contributed by atoms with van der Waals surface area (Å²) in [5.74, 6) is 0. The van der Waals surface area contributed by atoms with Crippen LogP contribution >= 0.6 is 0 Å². The highest BCUT2D eigenvalue weighted by molar-refractivity contribution is 7.89. The largest absolute Gasteiger partial charge is 0.312 e. The first-order valence-electron chi connectivity index (χ1n) is 7.72. The molecule has 21 heavy (non-hydrogen) atoms. The maximum absolute atomic E-state index is 12.6. The van der Waals surface area contributed by atoms with Gasteiger partial charge in [0.05, 0.1) is 12.7 Å². The maximum atomic E-state index is 12.6. The van der Waals surface area contributed by atoms with Crippen molar-refractivity contribution in [3.8, 4) is 0 Å². The fourth-order valence-corrected chi connectivity index (χ4v) is 3.89. The van der Waals surface area contributed by atoms with Crippen molar-refractivity contribution in [3.05, 3.63) is 12.4 Å². The van der Waals surface area contributed by atoms with Gasteiger partial charge in [0.25, 0.3) is 0 Å². The van der Waals surface area contributed by atoms with Gasteiger partial charge in [-0.05, 0) is 25.7 Å². The van der Waals surface area contributed by atoms with Gasteiger partial charge in [-0.15, -0.1) is 0 Å². The van der Waals surface area contributed by atoms with Crippen LogP contribution in [0.5, 0.6) is 0 Å². The van der Waals surface area contributed by atoms with Crippen molar-refractivity contribution in [2.45, 2.75) is 63.1 Å². The van der Waals surface area contributed by atoms with Crippen molar-refractivity contribution in [2.24, 2.45) is 0 Å². The molecular formula is C14H26N4O2S. The van der Waals surface area contributed by atoms with Gasteiger partial charge < -0.3 is 5.32 Å². The van der Waals surface area contributed by atoms with E-state index in [1.165, 1.54) is 23.3 Å². The lowest BCUT2D eigenvalue weighted by molar-refractivity contribution is 0.349. The fourth-order valence-electron chi connectivity index (χ4n) is 2.44. The van der Waals surface area contributed by atoms with E-state index in [1.807, 2.05) is 13.8 Å². The summed E-state index contributed by atoms with van der Waals surface area (Å²) in [5, 5.41) is 7.56. The Kier molecular flexibility index (Phi) is 5.40. The van der Waals surface area contributed by atoms with E-state index >= 15 is 0 Å². The lowest BCUT2D eigenvalue weighted by Gasteiger charge is -2.24. The molecule has 7 heteroatoms. The monoisotopic (exact) mass is 314 g/mol. The molecule has 1 aromatic heterocycles. The zero-order valence-electron chi connectivity index (χ0n) is 13.1. The number of nitrogens with one attached hydrogen (secondary N) is 1. The van der Waals surface area contributed by atoms with Crippen molar-refractivity contribution in [2.75, 3.05) is 13.6 Å². The molecule has 0 radical (unpaired) electrons. The highest BCUT2D eigenvalue weighted by atomic mass is 32.2. The summed E-state index contributed by atoms with van der Waals surface area (Å²) in [6.45, 7) is 5.54. The van der Waals surface area contributed by atoms with Gasteiger partial charge in [0.15, 0.2) is 0 Å². The second-order valence-electron chi connectivity index (χ2n) is 5.66. The van der Waals surface area contributed by atoms with Gasteiger partial charge in [0.1, 0.15) is 4.90 Å². The molecule has 0 aliphatic heterocycles. The molecule has 0 saturated heterocycles. The van der Waals surface area contributed by atoms with E-state index in [-0.39, 0.29) is 10.9 Å². The number of hydrogen-bond donors (Lipinski definition) is 1. The van der Waals surface area contributed by atoms with E-state index < -0.39 is 10.0 Å². The van der Waals surface area contributed by atoms with Crippen molar-refractivity contribution in [3.63, 3.8) is 0 Å². The van der Waals surface area contributed by atoms with Gasteiger partial charge in [-0.1, -0.05) is 13.8 Å². The molecule has 1 aliphatic rings. The first-order valence-corrected chi connectivity index (χ1v) is 9.16. The first-order chi connectivity index (χ1) is 9.98. The molecule has 120 valence electrons.